The number of rotatable bonds is 1. The molecule has 0 spiro atoms. The van der Waals surface area contributed by atoms with Crippen LogP contribution in [-0.2, 0) is 5.41 Å². The molecule has 16 heavy (non-hydrogen) atoms. The Labute approximate surface area is 95.1 Å². The summed E-state index contributed by atoms with van der Waals surface area (Å²) in [6.07, 6.45) is 5.52. The smallest absolute Gasteiger partial charge is 0.125 e. The number of nitrogens with zero attached hydrogens (tertiary/aromatic N) is 3. The average molecular weight is 216 g/mol. The van der Waals surface area contributed by atoms with Crippen LogP contribution < -0.4 is 5.73 Å². The van der Waals surface area contributed by atoms with Gasteiger partial charge in [-0.2, -0.15) is 0 Å². The first-order chi connectivity index (χ1) is 7.47. The van der Waals surface area contributed by atoms with Gasteiger partial charge in [-0.15, -0.1) is 0 Å². The summed E-state index contributed by atoms with van der Waals surface area (Å²) in [5.41, 5.74) is 7.74. The van der Waals surface area contributed by atoms with Crippen molar-refractivity contribution in [3.8, 4) is 5.69 Å². The molecule has 0 saturated heterocycles. The molecule has 0 radical (unpaired) electrons. The largest absolute Gasteiger partial charge is 0.384 e. The Bertz CT molecular complexity index is 494. The first kappa shape index (κ1) is 10.7. The van der Waals surface area contributed by atoms with Crippen LogP contribution in [0.1, 0.15) is 26.5 Å². The standard InChI is InChI=1S/C12H16N4/c1-12(2,3)10-7-16(8-15-10)9-4-5-14-11(13)6-9/h4-8H,1-3H3,(H2,13,14). The SMILES string of the molecule is CC(C)(C)c1cn(-c2ccnc(N)c2)cn1. The summed E-state index contributed by atoms with van der Waals surface area (Å²) >= 11 is 0. The molecule has 2 aromatic rings. The highest BCUT2D eigenvalue weighted by Crippen LogP contribution is 2.21. The van der Waals surface area contributed by atoms with Crippen molar-refractivity contribution in [3.05, 3.63) is 36.5 Å². The zero-order valence-corrected chi connectivity index (χ0v) is 9.81. The van der Waals surface area contributed by atoms with Gasteiger partial charge in [0.15, 0.2) is 0 Å². The van der Waals surface area contributed by atoms with Gasteiger partial charge >= 0.3 is 0 Å². The zero-order chi connectivity index (χ0) is 11.8. The molecule has 0 amide bonds. The lowest BCUT2D eigenvalue weighted by atomic mass is 9.93. The van der Waals surface area contributed by atoms with Crippen LogP contribution in [0.25, 0.3) is 5.69 Å². The maximum atomic E-state index is 5.64. The first-order valence-corrected chi connectivity index (χ1v) is 5.23. The van der Waals surface area contributed by atoms with E-state index < -0.39 is 0 Å². The number of pyridine rings is 1. The molecule has 84 valence electrons. The molecule has 0 aliphatic heterocycles. The third-order valence-electron chi connectivity index (χ3n) is 2.41. The molecule has 0 aliphatic carbocycles. The lowest BCUT2D eigenvalue weighted by Crippen LogP contribution is -2.11. The van der Waals surface area contributed by atoms with Crippen LogP contribution in [0.4, 0.5) is 5.82 Å². The predicted octanol–water partition coefficient (Wildman–Crippen LogP) is 2.15. The molecule has 0 aliphatic rings. The van der Waals surface area contributed by atoms with E-state index in [-0.39, 0.29) is 5.41 Å². The molecular weight excluding hydrogens is 200 g/mol. The van der Waals surface area contributed by atoms with E-state index in [1.54, 1.807) is 12.5 Å². The highest BCUT2D eigenvalue weighted by Gasteiger charge is 2.16. The summed E-state index contributed by atoms with van der Waals surface area (Å²) in [7, 11) is 0. The van der Waals surface area contributed by atoms with Gasteiger partial charge in [-0.1, -0.05) is 20.8 Å². The van der Waals surface area contributed by atoms with E-state index in [4.69, 9.17) is 5.73 Å². The second-order valence-corrected chi connectivity index (χ2v) is 4.86. The Morgan fingerprint density at radius 1 is 1.25 bits per heavy atom. The highest BCUT2D eigenvalue weighted by atomic mass is 15.0. The number of aromatic nitrogens is 3. The number of imidazole rings is 1. The first-order valence-electron chi connectivity index (χ1n) is 5.23. The molecule has 2 aromatic heterocycles. The van der Waals surface area contributed by atoms with Crippen molar-refractivity contribution in [3.63, 3.8) is 0 Å². The van der Waals surface area contributed by atoms with Gasteiger partial charge in [0, 0.05) is 23.9 Å². The predicted molar refractivity (Wildman–Crippen MR) is 64.5 cm³/mol. The summed E-state index contributed by atoms with van der Waals surface area (Å²) < 4.78 is 1.96. The van der Waals surface area contributed by atoms with Crippen molar-refractivity contribution in [1.29, 1.82) is 0 Å². The molecular formula is C12H16N4. The Kier molecular flexibility index (Phi) is 2.42. The van der Waals surface area contributed by atoms with Crippen LogP contribution in [0.2, 0.25) is 0 Å². The number of hydrogen-bond donors (Lipinski definition) is 1. The highest BCUT2D eigenvalue weighted by molar-refractivity contribution is 5.41. The van der Waals surface area contributed by atoms with Gasteiger partial charge in [-0.3, -0.25) is 0 Å². The van der Waals surface area contributed by atoms with Crippen LogP contribution in [0.15, 0.2) is 30.9 Å². The lowest BCUT2D eigenvalue weighted by Gasteiger charge is -2.14. The van der Waals surface area contributed by atoms with Gasteiger partial charge < -0.3 is 10.3 Å². The summed E-state index contributed by atoms with van der Waals surface area (Å²) in [6, 6.07) is 3.73. The summed E-state index contributed by atoms with van der Waals surface area (Å²) in [4.78, 5) is 8.36. The van der Waals surface area contributed by atoms with Gasteiger partial charge in [0.2, 0.25) is 0 Å². The van der Waals surface area contributed by atoms with E-state index in [1.807, 2.05) is 22.9 Å². The van der Waals surface area contributed by atoms with E-state index in [2.05, 4.69) is 30.7 Å². The Hall–Kier alpha value is -1.84. The van der Waals surface area contributed by atoms with E-state index >= 15 is 0 Å². The van der Waals surface area contributed by atoms with Crippen molar-refractivity contribution < 1.29 is 0 Å². The number of nitrogen functional groups attached to an aromatic ring is 1. The van der Waals surface area contributed by atoms with E-state index in [0.717, 1.165) is 11.4 Å². The van der Waals surface area contributed by atoms with Crippen molar-refractivity contribution in [1.82, 2.24) is 14.5 Å². The molecule has 0 aromatic carbocycles. The van der Waals surface area contributed by atoms with Crippen LogP contribution in [0, 0.1) is 0 Å². The average Bonchev–Trinajstić information content (AvgIpc) is 2.65. The number of anilines is 1. The minimum Gasteiger partial charge on any atom is -0.384 e. The fourth-order valence-electron chi connectivity index (χ4n) is 1.45. The topological polar surface area (TPSA) is 56.7 Å². The minimum atomic E-state index is 0.0594. The molecule has 2 rings (SSSR count). The van der Waals surface area contributed by atoms with E-state index in [9.17, 15) is 0 Å². The van der Waals surface area contributed by atoms with Gasteiger partial charge in [-0.25, -0.2) is 9.97 Å². The molecule has 4 nitrogen and oxygen atoms in total. The summed E-state index contributed by atoms with van der Waals surface area (Å²) in [5, 5.41) is 0. The monoisotopic (exact) mass is 216 g/mol. The molecule has 2 heterocycles. The third-order valence-corrected chi connectivity index (χ3v) is 2.41. The van der Waals surface area contributed by atoms with Crippen molar-refractivity contribution in [2.45, 2.75) is 26.2 Å². The second kappa shape index (κ2) is 3.63. The normalized spacial score (nSPS) is 11.7. The van der Waals surface area contributed by atoms with Crippen molar-refractivity contribution in [2.24, 2.45) is 0 Å². The van der Waals surface area contributed by atoms with Gasteiger partial charge in [0.25, 0.3) is 0 Å². The van der Waals surface area contributed by atoms with Crippen LogP contribution in [-0.4, -0.2) is 14.5 Å². The molecule has 0 saturated carbocycles. The summed E-state index contributed by atoms with van der Waals surface area (Å²) in [6.45, 7) is 6.42. The van der Waals surface area contributed by atoms with Crippen molar-refractivity contribution in [2.75, 3.05) is 5.73 Å². The Balaban J connectivity index is 2.39. The quantitative estimate of drug-likeness (QED) is 0.794. The van der Waals surface area contributed by atoms with Gasteiger partial charge in [0.1, 0.15) is 5.82 Å². The lowest BCUT2D eigenvalue weighted by molar-refractivity contribution is 0.572. The zero-order valence-electron chi connectivity index (χ0n) is 9.81. The molecule has 2 N–H and O–H groups in total. The molecule has 4 heteroatoms. The number of nitrogens with two attached hydrogens (primary N) is 1. The van der Waals surface area contributed by atoms with Crippen LogP contribution in [0.3, 0.4) is 0 Å². The second-order valence-electron chi connectivity index (χ2n) is 4.86. The maximum Gasteiger partial charge on any atom is 0.125 e. The third kappa shape index (κ3) is 2.05. The van der Waals surface area contributed by atoms with E-state index in [0.29, 0.717) is 5.82 Å². The minimum absolute atomic E-state index is 0.0594. The summed E-state index contributed by atoms with van der Waals surface area (Å²) in [5.74, 6) is 0.517. The van der Waals surface area contributed by atoms with Crippen LogP contribution in [0.5, 0.6) is 0 Å². The molecule has 0 bridgehead atoms. The molecule has 0 unspecified atom stereocenters. The molecule has 0 fully saturated rings. The van der Waals surface area contributed by atoms with E-state index in [1.165, 1.54) is 0 Å². The van der Waals surface area contributed by atoms with Gasteiger partial charge in [0.05, 0.1) is 17.7 Å². The van der Waals surface area contributed by atoms with Crippen molar-refractivity contribution >= 4 is 5.82 Å². The van der Waals surface area contributed by atoms with Gasteiger partial charge in [-0.05, 0) is 6.07 Å². The fourth-order valence-corrected chi connectivity index (χ4v) is 1.45. The van der Waals surface area contributed by atoms with Crippen LogP contribution >= 0.6 is 0 Å². The maximum absolute atomic E-state index is 5.64. The Morgan fingerprint density at radius 3 is 2.56 bits per heavy atom. The number of hydrogen-bond acceptors (Lipinski definition) is 3. The Morgan fingerprint density at radius 2 is 2.00 bits per heavy atom. The molecule has 0 atom stereocenters. The fraction of sp³-hybridized carbons (Fsp3) is 0.333.